The SMILES string of the molecule is CCCCCCCCCCCC(=O)N1CCC2(CC1)NC(C(=O)NCCc1ccc(Cl)cc1Cl)CS2. The molecule has 2 saturated heterocycles. The molecule has 202 valence electrons. The number of carbonyl (C=O) groups is 2. The number of hydrogen-bond donors (Lipinski definition) is 2. The number of amides is 2. The van der Waals surface area contributed by atoms with Gasteiger partial charge >= 0.3 is 0 Å². The number of carbonyl (C=O) groups excluding carboxylic acids is 2. The summed E-state index contributed by atoms with van der Waals surface area (Å²) in [6.07, 6.45) is 14.6. The van der Waals surface area contributed by atoms with E-state index in [2.05, 4.69) is 17.6 Å². The number of halogens is 2. The fourth-order valence-electron chi connectivity index (χ4n) is 5.10. The highest BCUT2D eigenvalue weighted by molar-refractivity contribution is 8.01. The monoisotopic (exact) mass is 555 g/mol. The number of likely N-dealkylation sites (tertiary alicyclic amines) is 1. The molecule has 2 heterocycles. The lowest BCUT2D eigenvalue weighted by Crippen LogP contribution is -2.54. The van der Waals surface area contributed by atoms with Crippen LogP contribution in [-0.2, 0) is 16.0 Å². The molecular weight excluding hydrogens is 513 g/mol. The van der Waals surface area contributed by atoms with E-state index in [1.54, 1.807) is 6.07 Å². The number of unbranched alkanes of at least 4 members (excludes halogenated alkanes) is 8. The third kappa shape index (κ3) is 9.41. The highest BCUT2D eigenvalue weighted by atomic mass is 35.5. The number of hydrogen-bond acceptors (Lipinski definition) is 4. The van der Waals surface area contributed by atoms with Crippen molar-refractivity contribution in [2.45, 2.75) is 101 Å². The summed E-state index contributed by atoms with van der Waals surface area (Å²) < 4.78 is 0. The molecule has 1 aromatic carbocycles. The first kappa shape index (κ1) is 29.6. The minimum atomic E-state index is -0.195. The van der Waals surface area contributed by atoms with Gasteiger partial charge in [-0.25, -0.2) is 0 Å². The molecule has 0 aromatic heterocycles. The Labute approximate surface area is 231 Å². The highest BCUT2D eigenvalue weighted by Crippen LogP contribution is 2.39. The van der Waals surface area contributed by atoms with Gasteiger partial charge < -0.3 is 10.2 Å². The average Bonchev–Trinajstić information content (AvgIpc) is 3.28. The van der Waals surface area contributed by atoms with Crippen molar-refractivity contribution in [1.29, 1.82) is 0 Å². The zero-order valence-electron chi connectivity index (χ0n) is 21.8. The summed E-state index contributed by atoms with van der Waals surface area (Å²) in [5, 5.41) is 7.87. The molecule has 36 heavy (non-hydrogen) atoms. The van der Waals surface area contributed by atoms with Crippen molar-refractivity contribution in [2.24, 2.45) is 0 Å². The van der Waals surface area contributed by atoms with Crippen LogP contribution in [-0.4, -0.2) is 53.0 Å². The van der Waals surface area contributed by atoms with Gasteiger partial charge in [0.15, 0.2) is 0 Å². The Bertz CT molecular complexity index is 846. The second-order valence-corrected chi connectivity index (χ2v) is 12.5. The molecule has 2 N–H and O–H groups in total. The topological polar surface area (TPSA) is 61.4 Å². The fraction of sp³-hybridized carbons (Fsp3) is 0.714. The molecule has 3 rings (SSSR count). The second kappa shape index (κ2) is 15.5. The van der Waals surface area contributed by atoms with Crippen LogP contribution < -0.4 is 10.6 Å². The zero-order valence-corrected chi connectivity index (χ0v) is 24.1. The highest BCUT2D eigenvalue weighted by Gasteiger charge is 2.44. The minimum absolute atomic E-state index is 0.0355. The zero-order chi connectivity index (χ0) is 25.8. The van der Waals surface area contributed by atoms with E-state index in [0.717, 1.165) is 50.1 Å². The third-order valence-corrected chi connectivity index (χ3v) is 9.57. The molecule has 2 fully saturated rings. The molecule has 1 aromatic rings. The van der Waals surface area contributed by atoms with Crippen LogP contribution in [0.25, 0.3) is 0 Å². The summed E-state index contributed by atoms with van der Waals surface area (Å²) in [6, 6.07) is 5.25. The number of piperidine rings is 1. The smallest absolute Gasteiger partial charge is 0.238 e. The summed E-state index contributed by atoms with van der Waals surface area (Å²) in [6.45, 7) is 4.35. The molecule has 1 atom stereocenters. The maximum Gasteiger partial charge on any atom is 0.238 e. The van der Waals surface area contributed by atoms with Crippen molar-refractivity contribution in [3.63, 3.8) is 0 Å². The predicted octanol–water partition coefficient (Wildman–Crippen LogP) is 6.60. The van der Waals surface area contributed by atoms with Crippen LogP contribution in [0.1, 0.15) is 89.5 Å². The molecule has 8 heteroatoms. The van der Waals surface area contributed by atoms with Crippen molar-refractivity contribution in [2.75, 3.05) is 25.4 Å². The summed E-state index contributed by atoms with van der Waals surface area (Å²) in [7, 11) is 0. The molecule has 0 radical (unpaired) electrons. The molecule has 2 aliphatic heterocycles. The number of thioether (sulfide) groups is 1. The van der Waals surface area contributed by atoms with E-state index < -0.39 is 0 Å². The van der Waals surface area contributed by atoms with Crippen LogP contribution in [0.15, 0.2) is 18.2 Å². The summed E-state index contributed by atoms with van der Waals surface area (Å²) >= 11 is 14.0. The Kier molecular flexibility index (Phi) is 12.7. The Morgan fingerprint density at radius 2 is 1.72 bits per heavy atom. The maximum atomic E-state index is 12.7. The van der Waals surface area contributed by atoms with Gasteiger partial charge in [0.25, 0.3) is 0 Å². The lowest BCUT2D eigenvalue weighted by Gasteiger charge is -2.39. The molecule has 0 saturated carbocycles. The minimum Gasteiger partial charge on any atom is -0.354 e. The molecule has 1 unspecified atom stereocenters. The predicted molar refractivity (Wildman–Crippen MR) is 153 cm³/mol. The van der Waals surface area contributed by atoms with Crippen LogP contribution in [0.4, 0.5) is 0 Å². The van der Waals surface area contributed by atoms with Crippen LogP contribution in [0, 0.1) is 0 Å². The van der Waals surface area contributed by atoms with Crippen molar-refractivity contribution in [1.82, 2.24) is 15.5 Å². The van der Waals surface area contributed by atoms with Gasteiger partial charge in [-0.3, -0.25) is 14.9 Å². The van der Waals surface area contributed by atoms with Gasteiger partial charge in [0, 0.05) is 41.9 Å². The molecule has 2 amide bonds. The van der Waals surface area contributed by atoms with Gasteiger partial charge in [-0.2, -0.15) is 0 Å². The van der Waals surface area contributed by atoms with E-state index in [4.69, 9.17) is 23.2 Å². The van der Waals surface area contributed by atoms with E-state index in [1.807, 2.05) is 28.8 Å². The van der Waals surface area contributed by atoms with Gasteiger partial charge in [0.1, 0.15) is 0 Å². The van der Waals surface area contributed by atoms with E-state index in [9.17, 15) is 9.59 Å². The normalized spacial score (nSPS) is 19.1. The van der Waals surface area contributed by atoms with Gasteiger partial charge in [-0.15, -0.1) is 11.8 Å². The summed E-state index contributed by atoms with van der Waals surface area (Å²) in [5.41, 5.74) is 0.978. The maximum absolute atomic E-state index is 12.7. The molecule has 5 nitrogen and oxygen atoms in total. The van der Waals surface area contributed by atoms with Gasteiger partial charge in [0.05, 0.1) is 10.9 Å². The lowest BCUT2D eigenvalue weighted by atomic mass is 10.0. The number of benzene rings is 1. The largest absolute Gasteiger partial charge is 0.354 e. The number of nitrogens with zero attached hydrogens (tertiary/aromatic N) is 1. The lowest BCUT2D eigenvalue weighted by molar-refractivity contribution is -0.132. The first-order chi connectivity index (χ1) is 17.4. The van der Waals surface area contributed by atoms with E-state index in [0.29, 0.717) is 35.3 Å². The van der Waals surface area contributed by atoms with Crippen molar-refractivity contribution >= 4 is 46.8 Å². The van der Waals surface area contributed by atoms with E-state index in [1.165, 1.54) is 44.9 Å². The Morgan fingerprint density at radius 1 is 1.06 bits per heavy atom. The molecule has 0 bridgehead atoms. The second-order valence-electron chi connectivity index (χ2n) is 10.2. The Balaban J connectivity index is 1.28. The molecule has 2 aliphatic rings. The van der Waals surface area contributed by atoms with Gasteiger partial charge in [-0.1, -0.05) is 87.6 Å². The first-order valence-corrected chi connectivity index (χ1v) is 15.6. The first-order valence-electron chi connectivity index (χ1n) is 13.8. The van der Waals surface area contributed by atoms with Gasteiger partial charge in [-0.05, 0) is 43.4 Å². The van der Waals surface area contributed by atoms with Gasteiger partial charge in [0.2, 0.25) is 11.8 Å². The standard InChI is InChI=1S/C28H43Cl2N3O2S/c1-2-3-4-5-6-7-8-9-10-11-26(34)33-18-15-28(16-19-33)32-25(21-36-28)27(35)31-17-14-22-12-13-23(29)20-24(22)30/h12-13,20,25,32H,2-11,14-19,21H2,1H3,(H,31,35). The molecule has 1 spiro atoms. The quantitative estimate of drug-likeness (QED) is 0.254. The number of nitrogens with one attached hydrogen (secondary N) is 2. The summed E-state index contributed by atoms with van der Waals surface area (Å²) in [4.78, 5) is 27.3. The van der Waals surface area contributed by atoms with Crippen LogP contribution in [0.2, 0.25) is 10.0 Å². The Morgan fingerprint density at radius 3 is 2.39 bits per heavy atom. The van der Waals surface area contributed by atoms with E-state index in [-0.39, 0.29) is 16.8 Å². The third-order valence-electron chi connectivity index (χ3n) is 7.41. The summed E-state index contributed by atoms with van der Waals surface area (Å²) in [5.74, 6) is 1.10. The van der Waals surface area contributed by atoms with E-state index >= 15 is 0 Å². The average molecular weight is 557 g/mol. The van der Waals surface area contributed by atoms with Crippen molar-refractivity contribution < 1.29 is 9.59 Å². The molecular formula is C28H43Cl2N3O2S. The van der Waals surface area contributed by atoms with Crippen molar-refractivity contribution in [3.05, 3.63) is 33.8 Å². The van der Waals surface area contributed by atoms with Crippen LogP contribution >= 0.6 is 35.0 Å². The fourth-order valence-corrected chi connectivity index (χ4v) is 7.02. The van der Waals surface area contributed by atoms with Crippen LogP contribution in [0.3, 0.4) is 0 Å². The van der Waals surface area contributed by atoms with Crippen molar-refractivity contribution in [3.8, 4) is 0 Å². The number of rotatable bonds is 14. The van der Waals surface area contributed by atoms with Crippen LogP contribution in [0.5, 0.6) is 0 Å². The Hall–Kier alpha value is -0.950. The molecule has 0 aliphatic carbocycles.